The summed E-state index contributed by atoms with van der Waals surface area (Å²) in [7, 11) is 0. The van der Waals surface area contributed by atoms with Gasteiger partial charge >= 0.3 is 0 Å². The van der Waals surface area contributed by atoms with Gasteiger partial charge in [0.1, 0.15) is 5.75 Å². The van der Waals surface area contributed by atoms with Crippen molar-refractivity contribution in [1.29, 1.82) is 0 Å². The van der Waals surface area contributed by atoms with E-state index in [1.165, 1.54) is 5.56 Å². The van der Waals surface area contributed by atoms with Crippen LogP contribution in [0.5, 0.6) is 5.75 Å². The van der Waals surface area contributed by atoms with Gasteiger partial charge in [-0.2, -0.15) is 0 Å². The summed E-state index contributed by atoms with van der Waals surface area (Å²) in [5.41, 5.74) is 1.95. The highest BCUT2D eigenvalue weighted by atomic mass is 16.5. The van der Waals surface area contributed by atoms with Crippen LogP contribution in [0.1, 0.15) is 18.9 Å². The first-order valence-electron chi connectivity index (χ1n) is 5.12. The summed E-state index contributed by atoms with van der Waals surface area (Å²) in [6.45, 7) is 8.04. The van der Waals surface area contributed by atoms with E-state index in [2.05, 4.69) is 6.58 Å². The molecule has 1 unspecified atom stereocenters. The number of aliphatic hydroxyl groups excluding tert-OH is 1. The van der Waals surface area contributed by atoms with Crippen molar-refractivity contribution in [3.05, 3.63) is 42.0 Å². The number of hydrogen-bond acceptors (Lipinski definition) is 2. The molecule has 15 heavy (non-hydrogen) atoms. The van der Waals surface area contributed by atoms with Gasteiger partial charge in [-0.1, -0.05) is 24.3 Å². The first kappa shape index (κ1) is 11.8. The van der Waals surface area contributed by atoms with E-state index in [1.54, 1.807) is 0 Å². The lowest BCUT2D eigenvalue weighted by Gasteiger charge is -2.11. The Morgan fingerprint density at radius 1 is 1.53 bits per heavy atom. The molecule has 0 aliphatic carbocycles. The Hall–Kier alpha value is -1.28. The van der Waals surface area contributed by atoms with Crippen LogP contribution in [0.3, 0.4) is 0 Å². The van der Waals surface area contributed by atoms with Crippen molar-refractivity contribution >= 4 is 0 Å². The third-order valence-corrected chi connectivity index (χ3v) is 2.22. The molecule has 0 saturated heterocycles. The molecular weight excluding hydrogens is 188 g/mol. The van der Waals surface area contributed by atoms with Gasteiger partial charge in [-0.15, -0.1) is 0 Å². The molecule has 0 spiro atoms. The molecule has 82 valence electrons. The van der Waals surface area contributed by atoms with E-state index >= 15 is 0 Å². The van der Waals surface area contributed by atoms with Gasteiger partial charge in [-0.3, -0.25) is 0 Å². The van der Waals surface area contributed by atoms with Gasteiger partial charge in [-0.25, -0.2) is 0 Å². The highest BCUT2D eigenvalue weighted by Gasteiger charge is 2.04. The van der Waals surface area contributed by atoms with Crippen molar-refractivity contribution in [3.8, 4) is 5.75 Å². The zero-order valence-corrected chi connectivity index (χ0v) is 9.36. The summed E-state index contributed by atoms with van der Waals surface area (Å²) in [6, 6.07) is 7.88. The summed E-state index contributed by atoms with van der Waals surface area (Å²) >= 11 is 0. The predicted octanol–water partition coefficient (Wildman–Crippen LogP) is 2.70. The van der Waals surface area contributed by atoms with Crippen molar-refractivity contribution in [3.63, 3.8) is 0 Å². The van der Waals surface area contributed by atoms with Gasteiger partial charge in [0.15, 0.2) is 0 Å². The molecule has 1 atom stereocenters. The molecule has 0 radical (unpaired) electrons. The van der Waals surface area contributed by atoms with Crippen molar-refractivity contribution in [1.82, 2.24) is 0 Å². The molecule has 1 aromatic rings. The summed E-state index contributed by atoms with van der Waals surface area (Å²) in [4.78, 5) is 0. The Morgan fingerprint density at radius 2 is 2.27 bits per heavy atom. The van der Waals surface area contributed by atoms with E-state index in [4.69, 9.17) is 4.74 Å². The average molecular weight is 206 g/mol. The third kappa shape index (κ3) is 4.17. The Bertz CT molecular complexity index is 331. The fourth-order valence-electron chi connectivity index (χ4n) is 1.24. The van der Waals surface area contributed by atoms with Gasteiger partial charge in [0.2, 0.25) is 0 Å². The number of rotatable bonds is 5. The molecule has 1 N–H and O–H groups in total. The Labute approximate surface area is 91.2 Å². The van der Waals surface area contributed by atoms with Gasteiger partial charge < -0.3 is 9.84 Å². The first-order chi connectivity index (χ1) is 7.09. The van der Waals surface area contributed by atoms with Gasteiger partial charge in [-0.05, 0) is 31.5 Å². The SMILES string of the molecule is C=C(C)C(O)CCOc1cccc(C)c1. The Balaban J connectivity index is 2.35. The maximum atomic E-state index is 9.48. The molecular formula is C13H18O2. The number of hydrogen-bond donors (Lipinski definition) is 1. The first-order valence-corrected chi connectivity index (χ1v) is 5.12. The topological polar surface area (TPSA) is 29.5 Å². The van der Waals surface area contributed by atoms with Crippen molar-refractivity contribution < 1.29 is 9.84 Å². The fraction of sp³-hybridized carbons (Fsp3) is 0.385. The second-order valence-electron chi connectivity index (χ2n) is 3.82. The normalized spacial score (nSPS) is 12.2. The maximum absolute atomic E-state index is 9.48. The van der Waals surface area contributed by atoms with Crippen molar-refractivity contribution in [2.45, 2.75) is 26.4 Å². The van der Waals surface area contributed by atoms with E-state index in [-0.39, 0.29) is 0 Å². The number of ether oxygens (including phenoxy) is 1. The van der Waals surface area contributed by atoms with E-state index in [0.717, 1.165) is 11.3 Å². The smallest absolute Gasteiger partial charge is 0.119 e. The highest BCUT2D eigenvalue weighted by molar-refractivity contribution is 5.27. The molecule has 0 aliphatic rings. The molecule has 1 aromatic carbocycles. The zero-order chi connectivity index (χ0) is 11.3. The summed E-state index contributed by atoms with van der Waals surface area (Å²) in [6.07, 6.45) is 0.123. The van der Waals surface area contributed by atoms with Crippen LogP contribution in [0.15, 0.2) is 36.4 Å². The molecule has 0 heterocycles. The summed E-state index contributed by atoms with van der Waals surface area (Å²) in [5, 5.41) is 9.48. The van der Waals surface area contributed by atoms with Gasteiger partial charge in [0, 0.05) is 6.42 Å². The van der Waals surface area contributed by atoms with E-state index < -0.39 is 6.10 Å². The fourth-order valence-corrected chi connectivity index (χ4v) is 1.24. The molecule has 1 rings (SSSR count). The third-order valence-electron chi connectivity index (χ3n) is 2.22. The van der Waals surface area contributed by atoms with E-state index in [0.29, 0.717) is 13.0 Å². The number of benzene rings is 1. The van der Waals surface area contributed by atoms with Crippen LogP contribution in [0.25, 0.3) is 0 Å². The molecule has 2 heteroatoms. The summed E-state index contributed by atoms with van der Waals surface area (Å²) in [5.74, 6) is 0.851. The maximum Gasteiger partial charge on any atom is 0.119 e. The molecule has 0 saturated carbocycles. The highest BCUT2D eigenvalue weighted by Crippen LogP contribution is 2.13. The minimum absolute atomic E-state index is 0.463. The van der Waals surface area contributed by atoms with Crippen LogP contribution in [-0.4, -0.2) is 17.8 Å². The minimum atomic E-state index is -0.463. The number of aliphatic hydroxyl groups is 1. The minimum Gasteiger partial charge on any atom is -0.493 e. The lowest BCUT2D eigenvalue weighted by atomic mass is 10.1. The lowest BCUT2D eigenvalue weighted by Crippen LogP contribution is -2.12. The Kier molecular flexibility index (Phi) is 4.37. The molecule has 0 bridgehead atoms. The van der Waals surface area contributed by atoms with Crippen molar-refractivity contribution in [2.24, 2.45) is 0 Å². The second-order valence-corrected chi connectivity index (χ2v) is 3.82. The van der Waals surface area contributed by atoms with Crippen LogP contribution in [0, 0.1) is 6.92 Å². The quantitative estimate of drug-likeness (QED) is 0.750. The van der Waals surface area contributed by atoms with E-state index in [1.807, 2.05) is 38.1 Å². The van der Waals surface area contributed by atoms with E-state index in [9.17, 15) is 5.11 Å². The largest absolute Gasteiger partial charge is 0.493 e. The monoisotopic (exact) mass is 206 g/mol. The Morgan fingerprint density at radius 3 is 2.87 bits per heavy atom. The lowest BCUT2D eigenvalue weighted by molar-refractivity contribution is 0.169. The second kappa shape index (κ2) is 5.56. The van der Waals surface area contributed by atoms with Crippen LogP contribution in [0.4, 0.5) is 0 Å². The zero-order valence-electron chi connectivity index (χ0n) is 9.36. The molecule has 0 aromatic heterocycles. The molecule has 0 fully saturated rings. The molecule has 0 aliphatic heterocycles. The molecule has 0 amide bonds. The van der Waals surface area contributed by atoms with Crippen LogP contribution in [-0.2, 0) is 0 Å². The molecule has 2 nitrogen and oxygen atoms in total. The standard InChI is InChI=1S/C13H18O2/c1-10(2)13(14)7-8-15-12-6-4-5-11(3)9-12/h4-6,9,13-14H,1,7-8H2,2-3H3. The average Bonchev–Trinajstić information content (AvgIpc) is 2.17. The van der Waals surface area contributed by atoms with Gasteiger partial charge in [0.05, 0.1) is 12.7 Å². The van der Waals surface area contributed by atoms with Gasteiger partial charge in [0.25, 0.3) is 0 Å². The predicted molar refractivity (Wildman–Crippen MR) is 62.1 cm³/mol. The van der Waals surface area contributed by atoms with Crippen LogP contribution >= 0.6 is 0 Å². The number of aryl methyl sites for hydroxylation is 1. The van der Waals surface area contributed by atoms with Crippen LogP contribution in [0.2, 0.25) is 0 Å². The van der Waals surface area contributed by atoms with Crippen molar-refractivity contribution in [2.75, 3.05) is 6.61 Å². The summed E-state index contributed by atoms with van der Waals surface area (Å²) < 4.78 is 5.51. The van der Waals surface area contributed by atoms with Crippen LogP contribution < -0.4 is 4.74 Å².